The topological polar surface area (TPSA) is 89.6 Å². The highest BCUT2D eigenvalue weighted by Crippen LogP contribution is 2.26. The van der Waals surface area contributed by atoms with Crippen molar-refractivity contribution in [3.05, 3.63) is 95.6 Å². The first-order chi connectivity index (χ1) is 15.5. The number of pyridine rings is 2. The summed E-state index contributed by atoms with van der Waals surface area (Å²) in [5.41, 5.74) is 3.49. The molecule has 7 heteroatoms. The van der Waals surface area contributed by atoms with Crippen molar-refractivity contribution < 1.29 is 19.8 Å². The van der Waals surface area contributed by atoms with Crippen molar-refractivity contribution in [1.82, 2.24) is 15.2 Å². The normalized spacial score (nSPS) is 18.9. The molecule has 1 saturated heterocycles. The van der Waals surface area contributed by atoms with Gasteiger partial charge in [0.25, 0.3) is 5.91 Å². The van der Waals surface area contributed by atoms with Gasteiger partial charge in [-0.2, -0.15) is 0 Å². The molecule has 3 heterocycles. The Bertz CT molecular complexity index is 1040. The molecule has 4 rings (SSSR count). The van der Waals surface area contributed by atoms with Gasteiger partial charge < -0.3 is 15.3 Å². The van der Waals surface area contributed by atoms with E-state index in [9.17, 15) is 15.1 Å². The number of aromatic nitrogens is 2. The third-order valence-corrected chi connectivity index (χ3v) is 5.98. The van der Waals surface area contributed by atoms with Gasteiger partial charge in [0.15, 0.2) is 0 Å². The number of aliphatic hydroxyl groups excluding tert-OH is 1. The van der Waals surface area contributed by atoms with E-state index in [1.165, 1.54) is 12.4 Å². The minimum Gasteiger partial charge on any atom is -0.387 e. The number of hydrogen-bond donors (Lipinski definition) is 3. The Hall–Kier alpha value is -3.29. The molecule has 2 aromatic heterocycles. The molecule has 7 nitrogen and oxygen atoms in total. The molecule has 0 spiro atoms. The standard InChI is InChI=1S/C25H29N4O3/c1-28(16-19-4-2-12-26-15-19)25(31)20-8-6-18(7-9-20)14-22-10-11-23(27-22)24(30)21-5-3-13-29(32)17-21/h2-9,12-13,15,17,22-24,27,30,32H,10-11,14,16H2,1H3/q+1. The minimum absolute atomic E-state index is 0.0217. The van der Waals surface area contributed by atoms with Crippen molar-refractivity contribution in [2.75, 3.05) is 7.05 Å². The van der Waals surface area contributed by atoms with Crippen LogP contribution >= 0.6 is 0 Å². The fourth-order valence-electron chi connectivity index (χ4n) is 4.27. The quantitative estimate of drug-likeness (QED) is 0.393. The second-order valence-corrected chi connectivity index (χ2v) is 8.43. The summed E-state index contributed by atoms with van der Waals surface area (Å²) in [4.78, 5) is 18.5. The summed E-state index contributed by atoms with van der Waals surface area (Å²) in [6.07, 6.45) is 8.52. The Morgan fingerprint density at radius 1 is 1.19 bits per heavy atom. The summed E-state index contributed by atoms with van der Waals surface area (Å²) < 4.78 is 0.960. The second kappa shape index (κ2) is 9.89. The third-order valence-electron chi connectivity index (χ3n) is 5.98. The summed E-state index contributed by atoms with van der Waals surface area (Å²) in [5, 5.41) is 23.7. The average Bonchev–Trinajstić information content (AvgIpc) is 3.27. The molecule has 3 unspecified atom stereocenters. The molecule has 0 radical (unpaired) electrons. The van der Waals surface area contributed by atoms with Gasteiger partial charge in [0, 0.05) is 54.4 Å². The molecule has 1 fully saturated rings. The van der Waals surface area contributed by atoms with Crippen molar-refractivity contribution in [3.8, 4) is 0 Å². The van der Waals surface area contributed by atoms with Crippen LogP contribution in [0.3, 0.4) is 0 Å². The maximum Gasteiger partial charge on any atom is 0.253 e. The van der Waals surface area contributed by atoms with Crippen LogP contribution in [0.1, 0.15) is 46.0 Å². The van der Waals surface area contributed by atoms with E-state index >= 15 is 0 Å². The van der Waals surface area contributed by atoms with Gasteiger partial charge in [-0.1, -0.05) is 18.2 Å². The zero-order valence-electron chi connectivity index (χ0n) is 18.1. The summed E-state index contributed by atoms with van der Waals surface area (Å²) in [6, 6.07) is 15.3. The van der Waals surface area contributed by atoms with Crippen LogP contribution in [0.2, 0.25) is 0 Å². The number of benzene rings is 1. The lowest BCUT2D eigenvalue weighted by atomic mass is 10.0. The third kappa shape index (κ3) is 5.30. The molecule has 3 N–H and O–H groups in total. The molecule has 0 saturated carbocycles. The highest BCUT2D eigenvalue weighted by Gasteiger charge is 2.31. The minimum atomic E-state index is -0.671. The Morgan fingerprint density at radius 3 is 2.72 bits per heavy atom. The van der Waals surface area contributed by atoms with Crippen molar-refractivity contribution in [1.29, 1.82) is 0 Å². The van der Waals surface area contributed by atoms with Gasteiger partial charge in [-0.3, -0.25) is 15.0 Å². The van der Waals surface area contributed by atoms with E-state index < -0.39 is 6.10 Å². The van der Waals surface area contributed by atoms with E-state index in [-0.39, 0.29) is 18.0 Å². The number of amides is 1. The summed E-state index contributed by atoms with van der Waals surface area (Å²) >= 11 is 0. The Morgan fingerprint density at radius 2 is 2.00 bits per heavy atom. The molecule has 0 bridgehead atoms. The lowest BCUT2D eigenvalue weighted by molar-refractivity contribution is -0.905. The molecule has 1 aliphatic heterocycles. The molecular weight excluding hydrogens is 404 g/mol. The first-order valence-electron chi connectivity index (χ1n) is 10.9. The van der Waals surface area contributed by atoms with Crippen molar-refractivity contribution in [2.45, 2.75) is 44.0 Å². The van der Waals surface area contributed by atoms with E-state index in [0.717, 1.165) is 35.1 Å². The fourth-order valence-corrected chi connectivity index (χ4v) is 4.27. The molecular formula is C25H29N4O3+. The van der Waals surface area contributed by atoms with Crippen LogP contribution in [0.5, 0.6) is 0 Å². The Labute approximate surface area is 187 Å². The molecule has 3 aromatic rings. The maximum atomic E-state index is 12.7. The van der Waals surface area contributed by atoms with Gasteiger partial charge in [-0.25, -0.2) is 0 Å². The second-order valence-electron chi connectivity index (χ2n) is 8.43. The maximum absolute atomic E-state index is 12.7. The number of nitrogens with zero attached hydrogens (tertiary/aromatic N) is 3. The average molecular weight is 434 g/mol. The van der Waals surface area contributed by atoms with Gasteiger partial charge >= 0.3 is 0 Å². The van der Waals surface area contributed by atoms with Crippen molar-refractivity contribution in [2.24, 2.45) is 0 Å². The summed E-state index contributed by atoms with van der Waals surface area (Å²) in [6.45, 7) is 0.516. The predicted octanol–water partition coefficient (Wildman–Crippen LogP) is 2.28. The van der Waals surface area contributed by atoms with Crippen LogP contribution < -0.4 is 10.0 Å². The van der Waals surface area contributed by atoms with Crippen LogP contribution in [0, 0.1) is 0 Å². The number of hydrogen-bond acceptors (Lipinski definition) is 5. The van der Waals surface area contributed by atoms with Gasteiger partial charge in [-0.15, -0.1) is 0 Å². The van der Waals surface area contributed by atoms with Crippen LogP contribution in [-0.2, 0) is 13.0 Å². The van der Waals surface area contributed by atoms with E-state index in [1.807, 2.05) is 42.5 Å². The molecule has 32 heavy (non-hydrogen) atoms. The fraction of sp³-hybridized carbons (Fsp3) is 0.320. The number of carbonyl (C=O) groups is 1. The number of nitrogens with one attached hydrogen (secondary N) is 1. The number of rotatable bonds is 7. The first kappa shape index (κ1) is 21.9. The first-order valence-corrected chi connectivity index (χ1v) is 10.9. The van der Waals surface area contributed by atoms with Crippen molar-refractivity contribution >= 4 is 5.91 Å². The van der Waals surface area contributed by atoms with E-state index in [4.69, 9.17) is 0 Å². The molecule has 1 amide bonds. The lowest BCUT2D eigenvalue weighted by Gasteiger charge is -2.20. The van der Waals surface area contributed by atoms with Gasteiger partial charge in [0.05, 0.1) is 5.56 Å². The zero-order chi connectivity index (χ0) is 22.5. The highest BCUT2D eigenvalue weighted by molar-refractivity contribution is 5.94. The van der Waals surface area contributed by atoms with E-state index in [2.05, 4.69) is 10.3 Å². The molecule has 166 valence electrons. The van der Waals surface area contributed by atoms with Crippen molar-refractivity contribution in [3.63, 3.8) is 0 Å². The van der Waals surface area contributed by atoms with Crippen LogP contribution in [0.4, 0.5) is 0 Å². The lowest BCUT2D eigenvalue weighted by Crippen LogP contribution is -2.36. The van der Waals surface area contributed by atoms with E-state index in [0.29, 0.717) is 17.7 Å². The monoisotopic (exact) mass is 433 g/mol. The van der Waals surface area contributed by atoms with E-state index in [1.54, 1.807) is 30.4 Å². The van der Waals surface area contributed by atoms with Gasteiger partial charge in [0.2, 0.25) is 12.4 Å². The molecule has 1 aliphatic rings. The SMILES string of the molecule is CN(Cc1cccnc1)C(=O)c1ccc(CC2CCC(C(O)c3ccc[n+](O)c3)N2)cc1. The predicted molar refractivity (Wildman–Crippen MR) is 119 cm³/mol. The largest absolute Gasteiger partial charge is 0.387 e. The van der Waals surface area contributed by atoms with Gasteiger partial charge in [0.1, 0.15) is 6.10 Å². The summed E-state index contributed by atoms with van der Waals surface area (Å²) in [7, 11) is 1.79. The highest BCUT2D eigenvalue weighted by atomic mass is 16.5. The number of aliphatic hydroxyl groups is 1. The zero-order valence-corrected chi connectivity index (χ0v) is 18.1. The van der Waals surface area contributed by atoms with Crippen LogP contribution in [0.25, 0.3) is 0 Å². The number of carbonyl (C=O) groups excluding carboxylic acids is 1. The van der Waals surface area contributed by atoms with Gasteiger partial charge in [-0.05, 0) is 54.7 Å². The Kier molecular flexibility index (Phi) is 6.78. The molecule has 3 atom stereocenters. The van der Waals surface area contributed by atoms with Crippen LogP contribution in [-0.4, -0.2) is 45.2 Å². The van der Waals surface area contributed by atoms with Crippen LogP contribution in [0.15, 0.2) is 73.3 Å². The Balaban J connectivity index is 1.31. The molecule has 0 aliphatic carbocycles. The summed E-state index contributed by atoms with van der Waals surface area (Å²) in [5.74, 6) is -0.0217. The molecule has 1 aromatic carbocycles. The smallest absolute Gasteiger partial charge is 0.253 e.